The molecule has 0 bridgehead atoms. The van der Waals surface area contributed by atoms with Crippen molar-refractivity contribution in [1.82, 2.24) is 14.6 Å². The minimum Gasteiger partial charge on any atom is -0.477 e. The zero-order valence-electron chi connectivity index (χ0n) is 14.0. The lowest BCUT2D eigenvalue weighted by Gasteiger charge is -2.05. The van der Waals surface area contributed by atoms with E-state index in [4.69, 9.17) is 13.9 Å². The molecule has 1 N–H and O–H groups in total. The van der Waals surface area contributed by atoms with Gasteiger partial charge in [-0.1, -0.05) is 18.2 Å². The van der Waals surface area contributed by atoms with Crippen molar-refractivity contribution in [3.05, 3.63) is 48.7 Å². The van der Waals surface area contributed by atoms with Crippen LogP contribution in [0, 0.1) is 4.78 Å². The Bertz CT molecular complexity index is 1090. The minimum atomic E-state index is -1.82. The normalized spacial score (nSPS) is 12.6. The molecule has 26 heavy (non-hydrogen) atoms. The van der Waals surface area contributed by atoms with E-state index >= 15 is 0 Å². The summed E-state index contributed by atoms with van der Waals surface area (Å²) in [5, 5.41) is 5.52. The van der Waals surface area contributed by atoms with E-state index in [0.29, 0.717) is 36.1 Å². The van der Waals surface area contributed by atoms with Crippen LogP contribution in [-0.4, -0.2) is 31.2 Å². The molecule has 0 spiro atoms. The zero-order chi connectivity index (χ0) is 17.9. The average Bonchev–Trinajstić information content (AvgIpc) is 3.24. The fourth-order valence-electron chi connectivity index (χ4n) is 2.74. The second-order valence-electron chi connectivity index (χ2n) is 5.89. The number of ether oxygens (including phenoxy) is 1. The predicted molar refractivity (Wildman–Crippen MR) is 100 cm³/mol. The number of fused-ring (bicyclic) bond motifs is 2. The van der Waals surface area contributed by atoms with Crippen LogP contribution >= 0.6 is 0 Å². The molecule has 3 aromatic heterocycles. The third kappa shape index (κ3) is 3.41. The maximum absolute atomic E-state index is 10.8. The zero-order valence-corrected chi connectivity index (χ0v) is 14.9. The maximum Gasteiger partial charge on any atom is 0.231 e. The first-order valence-electron chi connectivity index (χ1n) is 8.33. The number of para-hydroxylation sites is 1. The summed E-state index contributed by atoms with van der Waals surface area (Å²) in [5.41, 5.74) is 2.28. The second-order valence-corrected chi connectivity index (χ2v) is 7.10. The summed E-state index contributed by atoms with van der Waals surface area (Å²) in [6, 6.07) is 13.4. The molecule has 0 saturated heterocycles. The molecule has 134 valence electrons. The van der Waals surface area contributed by atoms with Crippen molar-refractivity contribution < 1.29 is 13.4 Å². The SMILES string of the molecule is N=[SH](=O)CCCCOc1ccc2ncc(-c3cc4ccccc4o3)n2n1. The topological polar surface area (TPSA) is 93.5 Å². The molecule has 3 heterocycles. The Hall–Kier alpha value is -2.87. The van der Waals surface area contributed by atoms with Crippen LogP contribution in [0.2, 0.25) is 0 Å². The van der Waals surface area contributed by atoms with Crippen molar-refractivity contribution in [2.75, 3.05) is 12.4 Å². The Morgan fingerprint density at radius 1 is 1.19 bits per heavy atom. The maximum atomic E-state index is 10.8. The molecular weight excluding hydrogens is 352 g/mol. The molecule has 4 aromatic rings. The molecule has 0 fully saturated rings. The van der Waals surface area contributed by atoms with Crippen molar-refractivity contribution >= 4 is 27.2 Å². The molecule has 0 amide bonds. The lowest BCUT2D eigenvalue weighted by Crippen LogP contribution is -2.03. The summed E-state index contributed by atoms with van der Waals surface area (Å²) in [6.45, 7) is 0.469. The summed E-state index contributed by atoms with van der Waals surface area (Å²) in [6.07, 6.45) is 3.17. The lowest BCUT2D eigenvalue weighted by atomic mass is 10.2. The first-order chi connectivity index (χ1) is 12.7. The quantitative estimate of drug-likeness (QED) is 0.383. The fourth-order valence-corrected chi connectivity index (χ4v) is 3.25. The third-order valence-corrected chi connectivity index (χ3v) is 4.74. The summed E-state index contributed by atoms with van der Waals surface area (Å²) < 4.78 is 31.1. The molecule has 1 unspecified atom stereocenters. The number of hydrogen-bond acceptors (Lipinski definition) is 6. The molecule has 1 aromatic carbocycles. The van der Waals surface area contributed by atoms with Gasteiger partial charge in [-0.15, -0.1) is 5.10 Å². The van der Waals surface area contributed by atoms with Gasteiger partial charge in [0, 0.05) is 27.8 Å². The molecule has 0 radical (unpaired) electrons. The van der Waals surface area contributed by atoms with E-state index < -0.39 is 10.6 Å². The van der Waals surface area contributed by atoms with Crippen LogP contribution < -0.4 is 4.74 Å². The lowest BCUT2D eigenvalue weighted by molar-refractivity contribution is 0.293. The Morgan fingerprint density at radius 3 is 2.92 bits per heavy atom. The number of rotatable bonds is 7. The molecular formula is C18H18N4O3S. The number of nitrogens with one attached hydrogen (secondary N) is 1. The van der Waals surface area contributed by atoms with E-state index in [1.807, 2.05) is 36.4 Å². The number of nitrogens with zero attached hydrogens (tertiary/aromatic N) is 3. The van der Waals surface area contributed by atoms with E-state index in [1.54, 1.807) is 16.8 Å². The van der Waals surface area contributed by atoms with Gasteiger partial charge in [0.05, 0.1) is 12.8 Å². The van der Waals surface area contributed by atoms with Crippen molar-refractivity contribution in [2.45, 2.75) is 12.8 Å². The van der Waals surface area contributed by atoms with Crippen LogP contribution in [-0.2, 0) is 10.6 Å². The number of thiol groups is 1. The van der Waals surface area contributed by atoms with E-state index in [-0.39, 0.29) is 0 Å². The van der Waals surface area contributed by atoms with Crippen LogP contribution in [0.4, 0.5) is 0 Å². The molecule has 0 aliphatic heterocycles. The summed E-state index contributed by atoms with van der Waals surface area (Å²) in [5.74, 6) is 1.59. The van der Waals surface area contributed by atoms with Crippen molar-refractivity contribution in [1.29, 1.82) is 4.78 Å². The van der Waals surface area contributed by atoms with Crippen molar-refractivity contribution in [3.63, 3.8) is 0 Å². The number of furan rings is 1. The summed E-state index contributed by atoms with van der Waals surface area (Å²) >= 11 is 0. The number of benzene rings is 1. The number of hydrogen-bond donors (Lipinski definition) is 2. The van der Waals surface area contributed by atoms with Gasteiger partial charge in [-0.05, 0) is 31.0 Å². The summed E-state index contributed by atoms with van der Waals surface area (Å²) in [7, 11) is -1.82. The number of imidazole rings is 1. The van der Waals surface area contributed by atoms with Gasteiger partial charge in [-0.25, -0.2) is 9.50 Å². The number of aromatic nitrogens is 3. The van der Waals surface area contributed by atoms with E-state index in [0.717, 1.165) is 23.1 Å². The average molecular weight is 370 g/mol. The first-order valence-corrected chi connectivity index (χ1v) is 9.77. The summed E-state index contributed by atoms with van der Waals surface area (Å²) in [4.78, 5) is 4.37. The van der Waals surface area contributed by atoms with Gasteiger partial charge in [0.25, 0.3) is 0 Å². The molecule has 1 atom stereocenters. The van der Waals surface area contributed by atoms with Crippen LogP contribution in [0.1, 0.15) is 12.8 Å². The fraction of sp³-hybridized carbons (Fsp3) is 0.222. The highest BCUT2D eigenvalue weighted by Gasteiger charge is 2.13. The van der Waals surface area contributed by atoms with Gasteiger partial charge in [-0.2, -0.15) is 0 Å². The Balaban J connectivity index is 1.56. The molecule has 0 aliphatic rings. The Labute approximate surface area is 151 Å². The van der Waals surface area contributed by atoms with Crippen LogP contribution in [0.15, 0.2) is 53.1 Å². The highest BCUT2D eigenvalue weighted by atomic mass is 32.2. The van der Waals surface area contributed by atoms with Crippen LogP contribution in [0.5, 0.6) is 5.88 Å². The minimum absolute atomic E-state index is 0.406. The second kappa shape index (κ2) is 7.17. The largest absolute Gasteiger partial charge is 0.477 e. The van der Waals surface area contributed by atoms with Crippen LogP contribution in [0.25, 0.3) is 28.1 Å². The van der Waals surface area contributed by atoms with Gasteiger partial charge < -0.3 is 9.15 Å². The van der Waals surface area contributed by atoms with Gasteiger partial charge in [-0.3, -0.25) is 8.99 Å². The Morgan fingerprint density at radius 2 is 2.08 bits per heavy atom. The van der Waals surface area contributed by atoms with Gasteiger partial charge >= 0.3 is 0 Å². The van der Waals surface area contributed by atoms with E-state index in [1.165, 1.54) is 0 Å². The Kier molecular flexibility index (Phi) is 4.57. The number of unbranched alkanes of at least 4 members (excludes halogenated alkanes) is 1. The first kappa shape index (κ1) is 16.6. The van der Waals surface area contributed by atoms with Gasteiger partial charge in [0.2, 0.25) is 5.88 Å². The standard InChI is InChI=1S/C18H18N4O3S/c19-26(23)10-4-3-9-24-18-8-7-17-20-12-14(22(17)21-18)16-11-13-5-1-2-6-15(13)25-16/h1-2,5-8,11-12,19,26H,3-4,9-10H2. The predicted octanol–water partition coefficient (Wildman–Crippen LogP) is 3.54. The molecule has 7 nitrogen and oxygen atoms in total. The third-order valence-electron chi connectivity index (χ3n) is 4.02. The highest BCUT2D eigenvalue weighted by molar-refractivity contribution is 7.73. The van der Waals surface area contributed by atoms with Crippen LogP contribution in [0.3, 0.4) is 0 Å². The smallest absolute Gasteiger partial charge is 0.231 e. The monoisotopic (exact) mass is 370 g/mol. The highest BCUT2D eigenvalue weighted by Crippen LogP contribution is 2.28. The van der Waals surface area contributed by atoms with E-state index in [9.17, 15) is 4.21 Å². The molecule has 4 rings (SSSR count). The molecule has 0 saturated carbocycles. The van der Waals surface area contributed by atoms with Crippen molar-refractivity contribution in [2.24, 2.45) is 0 Å². The molecule has 0 aliphatic carbocycles. The van der Waals surface area contributed by atoms with E-state index in [2.05, 4.69) is 10.1 Å². The van der Waals surface area contributed by atoms with Crippen molar-refractivity contribution in [3.8, 4) is 17.3 Å². The van der Waals surface area contributed by atoms with Gasteiger partial charge in [0.1, 0.15) is 11.3 Å². The molecule has 8 heteroatoms. The van der Waals surface area contributed by atoms with Gasteiger partial charge in [0.15, 0.2) is 11.4 Å².